The van der Waals surface area contributed by atoms with Crippen molar-refractivity contribution in [2.45, 2.75) is 38.6 Å². The highest BCUT2D eigenvalue weighted by atomic mass is 16.5. The van der Waals surface area contributed by atoms with E-state index in [-0.39, 0.29) is 11.2 Å². The van der Waals surface area contributed by atoms with Gasteiger partial charge in [-0.25, -0.2) is 0 Å². The molecule has 1 aliphatic heterocycles. The van der Waals surface area contributed by atoms with E-state index in [1.165, 1.54) is 12.8 Å². The number of methoxy groups -OCH3 is 1. The summed E-state index contributed by atoms with van der Waals surface area (Å²) >= 11 is 0. The maximum atomic E-state index is 13.1. The molecule has 1 aliphatic rings. The van der Waals surface area contributed by atoms with Crippen LogP contribution in [0.1, 0.15) is 60.3 Å². The fourth-order valence-electron chi connectivity index (χ4n) is 3.80. The lowest BCUT2D eigenvalue weighted by atomic mass is 9.99. The van der Waals surface area contributed by atoms with Crippen molar-refractivity contribution in [3.63, 3.8) is 0 Å². The molecule has 0 saturated heterocycles. The molecule has 0 fully saturated rings. The van der Waals surface area contributed by atoms with E-state index in [9.17, 15) is 9.59 Å². The summed E-state index contributed by atoms with van der Waals surface area (Å²) < 4.78 is 17.1. The van der Waals surface area contributed by atoms with Crippen molar-refractivity contribution < 1.29 is 18.7 Å². The lowest BCUT2D eigenvalue weighted by Crippen LogP contribution is -2.22. The highest BCUT2D eigenvalue weighted by Crippen LogP contribution is 2.36. The summed E-state index contributed by atoms with van der Waals surface area (Å²) in [4.78, 5) is 25.6. The summed E-state index contributed by atoms with van der Waals surface area (Å²) in [5.74, 6) is 0.885. The van der Waals surface area contributed by atoms with Crippen LogP contribution in [0.25, 0.3) is 11.0 Å². The normalized spacial score (nSPS) is 15.1. The number of benzene rings is 2. The molecule has 6 heteroatoms. The van der Waals surface area contributed by atoms with E-state index in [2.05, 4.69) is 12.2 Å². The fourth-order valence-corrected chi connectivity index (χ4v) is 3.80. The highest BCUT2D eigenvalue weighted by Gasteiger charge is 2.36. The van der Waals surface area contributed by atoms with Crippen LogP contribution in [0.15, 0.2) is 51.7 Å². The zero-order valence-electron chi connectivity index (χ0n) is 17.2. The van der Waals surface area contributed by atoms with Crippen LogP contribution in [0.3, 0.4) is 0 Å². The Balaban J connectivity index is 1.65. The Bertz CT molecular complexity index is 1130. The van der Waals surface area contributed by atoms with Gasteiger partial charge >= 0.3 is 0 Å². The van der Waals surface area contributed by atoms with E-state index in [4.69, 9.17) is 13.9 Å². The second-order valence-corrected chi connectivity index (χ2v) is 7.40. The quantitative estimate of drug-likeness (QED) is 0.553. The van der Waals surface area contributed by atoms with Gasteiger partial charge in [-0.05, 0) is 36.2 Å². The van der Waals surface area contributed by atoms with Gasteiger partial charge < -0.3 is 19.2 Å². The Morgan fingerprint density at radius 2 is 1.87 bits per heavy atom. The van der Waals surface area contributed by atoms with Crippen LogP contribution < -0.4 is 20.2 Å². The molecule has 30 heavy (non-hydrogen) atoms. The molecule has 1 unspecified atom stereocenters. The van der Waals surface area contributed by atoms with E-state index in [0.717, 1.165) is 18.4 Å². The molecule has 156 valence electrons. The smallest absolute Gasteiger partial charge is 0.288 e. The van der Waals surface area contributed by atoms with Crippen LogP contribution in [0.2, 0.25) is 0 Å². The molecule has 0 saturated carbocycles. The van der Waals surface area contributed by atoms with Crippen LogP contribution in [0.5, 0.6) is 11.5 Å². The van der Waals surface area contributed by atoms with Gasteiger partial charge in [0.2, 0.25) is 5.76 Å². The Hall–Kier alpha value is -3.28. The zero-order chi connectivity index (χ0) is 21.1. The van der Waals surface area contributed by atoms with E-state index in [1.54, 1.807) is 37.4 Å². The van der Waals surface area contributed by atoms with Gasteiger partial charge in [-0.2, -0.15) is 0 Å². The molecule has 0 bridgehead atoms. The molecule has 1 amide bonds. The minimum atomic E-state index is -0.596. The molecule has 0 aliphatic carbocycles. The topological polar surface area (TPSA) is 77.8 Å². The fraction of sp³-hybridized carbons (Fsp3) is 0.333. The summed E-state index contributed by atoms with van der Waals surface area (Å²) in [6.45, 7) is 2.79. The van der Waals surface area contributed by atoms with Crippen molar-refractivity contribution >= 4 is 16.9 Å². The molecule has 0 radical (unpaired) electrons. The molecular weight excluding hydrogens is 382 g/mol. The third-order valence-corrected chi connectivity index (χ3v) is 5.38. The van der Waals surface area contributed by atoms with E-state index < -0.39 is 11.9 Å². The molecule has 1 atom stereocenters. The average molecular weight is 407 g/mol. The average Bonchev–Trinajstić information content (AvgIpc) is 3.10. The molecule has 1 aromatic heterocycles. The number of amides is 1. The van der Waals surface area contributed by atoms with E-state index >= 15 is 0 Å². The second-order valence-electron chi connectivity index (χ2n) is 7.40. The molecular formula is C24H25NO5. The first-order chi connectivity index (χ1) is 14.6. The van der Waals surface area contributed by atoms with Crippen LogP contribution in [-0.2, 0) is 0 Å². The number of carbonyl (C=O) groups is 1. The maximum Gasteiger partial charge on any atom is 0.288 e. The molecule has 6 nitrogen and oxygen atoms in total. The standard InChI is InChI=1S/C24H25NO5/c1-3-4-5-8-13-29-18-12-11-15(14-19(18)28-2)21-20-22(26)16-9-6-7-10-17(16)30-23(20)24(27)25-21/h6-7,9-12,14,21H,3-5,8,13H2,1-2H3,(H,25,27). The third kappa shape index (κ3) is 3.65. The van der Waals surface area contributed by atoms with Crippen molar-refractivity contribution in [2.75, 3.05) is 13.7 Å². The number of fused-ring (bicyclic) bond motifs is 2. The highest BCUT2D eigenvalue weighted by molar-refractivity contribution is 5.98. The van der Waals surface area contributed by atoms with Gasteiger partial charge in [0, 0.05) is 0 Å². The van der Waals surface area contributed by atoms with Gasteiger partial charge in [0.1, 0.15) is 5.58 Å². The zero-order valence-corrected chi connectivity index (χ0v) is 17.2. The van der Waals surface area contributed by atoms with Crippen molar-refractivity contribution in [3.05, 3.63) is 69.6 Å². The lowest BCUT2D eigenvalue weighted by molar-refractivity contribution is 0.0938. The minimum absolute atomic E-state index is 0.0684. The summed E-state index contributed by atoms with van der Waals surface area (Å²) in [7, 11) is 1.58. The largest absolute Gasteiger partial charge is 0.493 e. The summed E-state index contributed by atoms with van der Waals surface area (Å²) in [6, 6.07) is 11.8. The van der Waals surface area contributed by atoms with E-state index in [0.29, 0.717) is 34.6 Å². The monoisotopic (exact) mass is 407 g/mol. The number of ether oxygens (including phenoxy) is 2. The number of rotatable bonds is 8. The number of unbranched alkanes of at least 4 members (excludes halogenated alkanes) is 3. The number of hydrogen-bond donors (Lipinski definition) is 1. The summed E-state index contributed by atoms with van der Waals surface area (Å²) in [5.41, 5.74) is 1.26. The van der Waals surface area contributed by atoms with Gasteiger partial charge in [0.05, 0.1) is 30.7 Å². The van der Waals surface area contributed by atoms with Crippen molar-refractivity contribution in [1.29, 1.82) is 0 Å². The number of hydrogen-bond acceptors (Lipinski definition) is 5. The van der Waals surface area contributed by atoms with Crippen LogP contribution >= 0.6 is 0 Å². The maximum absolute atomic E-state index is 13.1. The van der Waals surface area contributed by atoms with Crippen molar-refractivity contribution in [3.8, 4) is 11.5 Å². The number of nitrogens with one attached hydrogen (secondary N) is 1. The Morgan fingerprint density at radius 3 is 2.67 bits per heavy atom. The Kier molecular flexibility index (Phi) is 5.74. The number of para-hydroxylation sites is 1. The van der Waals surface area contributed by atoms with Crippen LogP contribution in [-0.4, -0.2) is 19.6 Å². The first kappa shape index (κ1) is 20.0. The third-order valence-electron chi connectivity index (χ3n) is 5.38. The Labute approximate surface area is 174 Å². The molecule has 0 spiro atoms. The van der Waals surface area contributed by atoms with Crippen molar-refractivity contribution in [1.82, 2.24) is 5.32 Å². The van der Waals surface area contributed by atoms with Gasteiger partial charge in [-0.3, -0.25) is 9.59 Å². The minimum Gasteiger partial charge on any atom is -0.493 e. The van der Waals surface area contributed by atoms with Crippen LogP contribution in [0.4, 0.5) is 0 Å². The predicted molar refractivity (Wildman–Crippen MR) is 114 cm³/mol. The molecule has 4 rings (SSSR count). The predicted octanol–water partition coefficient (Wildman–Crippen LogP) is 4.59. The van der Waals surface area contributed by atoms with Crippen LogP contribution in [0, 0.1) is 0 Å². The molecule has 2 heterocycles. The number of carbonyl (C=O) groups excluding carboxylic acids is 1. The van der Waals surface area contributed by atoms with Gasteiger partial charge in [0.25, 0.3) is 5.91 Å². The first-order valence-corrected chi connectivity index (χ1v) is 10.3. The van der Waals surface area contributed by atoms with Gasteiger partial charge in [-0.15, -0.1) is 0 Å². The Morgan fingerprint density at radius 1 is 1.03 bits per heavy atom. The molecule has 3 aromatic rings. The summed E-state index contributed by atoms with van der Waals surface area (Å²) in [5, 5.41) is 3.31. The lowest BCUT2D eigenvalue weighted by Gasteiger charge is -2.16. The first-order valence-electron chi connectivity index (χ1n) is 10.3. The second kappa shape index (κ2) is 8.61. The van der Waals surface area contributed by atoms with Crippen molar-refractivity contribution in [2.24, 2.45) is 0 Å². The van der Waals surface area contributed by atoms with E-state index in [1.807, 2.05) is 12.1 Å². The van der Waals surface area contributed by atoms with Gasteiger partial charge in [-0.1, -0.05) is 44.4 Å². The molecule has 2 aromatic carbocycles. The van der Waals surface area contributed by atoms with Gasteiger partial charge in [0.15, 0.2) is 16.9 Å². The SMILES string of the molecule is CCCCCCOc1ccc(C2NC(=O)c3oc4ccccc4c(=O)c32)cc1OC. The summed E-state index contributed by atoms with van der Waals surface area (Å²) in [6.07, 6.45) is 4.48. The molecule has 1 N–H and O–H groups in total.